The number of rotatable bonds is 4. The molecular formula is C21H18FN5O2. The van der Waals surface area contributed by atoms with Crippen LogP contribution in [0.5, 0.6) is 0 Å². The average Bonchev–Trinajstić information content (AvgIpc) is 3.10. The summed E-state index contributed by atoms with van der Waals surface area (Å²) in [6.45, 7) is 3.58. The van der Waals surface area contributed by atoms with Gasteiger partial charge in [-0.15, -0.1) is 0 Å². The van der Waals surface area contributed by atoms with E-state index >= 15 is 0 Å². The molecule has 1 aromatic heterocycles. The van der Waals surface area contributed by atoms with E-state index in [4.69, 9.17) is 5.73 Å². The minimum Gasteiger partial charge on any atom is -0.382 e. The van der Waals surface area contributed by atoms with Crippen molar-refractivity contribution in [1.29, 1.82) is 0 Å². The Hall–Kier alpha value is -3.94. The third-order valence-corrected chi connectivity index (χ3v) is 4.70. The van der Waals surface area contributed by atoms with E-state index < -0.39 is 11.7 Å². The lowest BCUT2D eigenvalue weighted by Gasteiger charge is -2.17. The first-order valence-electron chi connectivity index (χ1n) is 8.95. The summed E-state index contributed by atoms with van der Waals surface area (Å²) in [7, 11) is 0. The van der Waals surface area contributed by atoms with E-state index in [-0.39, 0.29) is 5.91 Å². The smallest absolute Gasteiger partial charge is 0.283 e. The standard InChI is InChI=1S/C21H18FN5O2/c1-12(22)20(28)25-15-3-2-4-16(10-15)27-11-18(19(23)26-27)13-5-6-17-14(9-13)7-8-24-21(17)29/h2-6,9-11H,1,7-8H2,(H2,23,26)(H,24,29)(H,25,28). The van der Waals surface area contributed by atoms with Gasteiger partial charge in [-0.1, -0.05) is 24.8 Å². The molecule has 0 unspecified atom stereocenters. The number of nitrogens with two attached hydrogens (primary N) is 1. The van der Waals surface area contributed by atoms with Gasteiger partial charge in [-0.25, -0.2) is 9.07 Å². The van der Waals surface area contributed by atoms with Gasteiger partial charge in [0, 0.05) is 29.6 Å². The molecule has 2 aromatic carbocycles. The van der Waals surface area contributed by atoms with E-state index in [1.807, 2.05) is 12.1 Å². The summed E-state index contributed by atoms with van der Waals surface area (Å²) in [5, 5.41) is 9.59. The number of carbonyl (C=O) groups excluding carboxylic acids is 2. The zero-order valence-electron chi connectivity index (χ0n) is 15.4. The van der Waals surface area contributed by atoms with Crippen molar-refractivity contribution in [1.82, 2.24) is 15.1 Å². The van der Waals surface area contributed by atoms with Crippen LogP contribution in [0.1, 0.15) is 15.9 Å². The molecule has 0 spiro atoms. The highest BCUT2D eigenvalue weighted by molar-refractivity contribution is 6.01. The highest BCUT2D eigenvalue weighted by atomic mass is 19.1. The fourth-order valence-corrected chi connectivity index (χ4v) is 3.26. The summed E-state index contributed by atoms with van der Waals surface area (Å²) in [4.78, 5) is 23.4. The van der Waals surface area contributed by atoms with Gasteiger partial charge < -0.3 is 16.4 Å². The molecule has 8 heteroatoms. The summed E-state index contributed by atoms with van der Waals surface area (Å²) in [5.41, 5.74) is 10.4. The van der Waals surface area contributed by atoms with Gasteiger partial charge in [0.15, 0.2) is 11.6 Å². The molecule has 0 saturated heterocycles. The van der Waals surface area contributed by atoms with Crippen LogP contribution in [-0.2, 0) is 11.2 Å². The zero-order valence-corrected chi connectivity index (χ0v) is 15.4. The van der Waals surface area contributed by atoms with Crippen LogP contribution in [0.15, 0.2) is 61.1 Å². The minimum atomic E-state index is -1.07. The average molecular weight is 391 g/mol. The van der Waals surface area contributed by atoms with E-state index in [2.05, 4.69) is 22.3 Å². The quantitative estimate of drug-likeness (QED) is 0.595. The Kier molecular flexibility index (Phi) is 4.59. The second-order valence-corrected chi connectivity index (χ2v) is 6.66. The topological polar surface area (TPSA) is 102 Å². The van der Waals surface area contributed by atoms with Crippen molar-refractivity contribution in [2.75, 3.05) is 17.6 Å². The predicted octanol–water partition coefficient (Wildman–Crippen LogP) is 2.83. The van der Waals surface area contributed by atoms with Crippen LogP contribution in [-0.4, -0.2) is 28.1 Å². The highest BCUT2D eigenvalue weighted by Crippen LogP contribution is 2.29. The summed E-state index contributed by atoms with van der Waals surface area (Å²) >= 11 is 0. The Morgan fingerprint density at radius 3 is 2.86 bits per heavy atom. The number of fused-ring (bicyclic) bond motifs is 1. The molecule has 7 nitrogen and oxygen atoms in total. The van der Waals surface area contributed by atoms with E-state index in [1.165, 1.54) is 0 Å². The molecule has 4 N–H and O–H groups in total. The largest absolute Gasteiger partial charge is 0.382 e. The SMILES string of the molecule is C=C(F)C(=O)Nc1cccc(-n2cc(-c3ccc4c(c3)CCNC4=O)c(N)n2)c1. The molecule has 0 fully saturated rings. The maximum absolute atomic E-state index is 12.9. The first-order chi connectivity index (χ1) is 13.9. The minimum absolute atomic E-state index is 0.0729. The molecule has 4 rings (SSSR count). The van der Waals surface area contributed by atoms with Gasteiger partial charge in [-0.2, -0.15) is 5.10 Å². The number of carbonyl (C=O) groups is 2. The number of nitrogens with one attached hydrogen (secondary N) is 2. The van der Waals surface area contributed by atoms with Gasteiger partial charge in [0.1, 0.15) is 0 Å². The van der Waals surface area contributed by atoms with Gasteiger partial charge in [0.2, 0.25) is 0 Å². The fraction of sp³-hybridized carbons (Fsp3) is 0.0952. The van der Waals surface area contributed by atoms with Crippen LogP contribution >= 0.6 is 0 Å². The van der Waals surface area contributed by atoms with Crippen LogP contribution in [0.2, 0.25) is 0 Å². The molecule has 0 aliphatic carbocycles. The van der Waals surface area contributed by atoms with E-state index in [0.717, 1.165) is 23.1 Å². The van der Waals surface area contributed by atoms with E-state index in [9.17, 15) is 14.0 Å². The molecule has 0 radical (unpaired) electrons. The van der Waals surface area contributed by atoms with Crippen LogP contribution in [0, 0.1) is 0 Å². The molecule has 146 valence electrons. The molecular weight excluding hydrogens is 373 g/mol. The molecule has 3 aromatic rings. The Morgan fingerprint density at radius 1 is 1.24 bits per heavy atom. The third kappa shape index (κ3) is 3.60. The maximum Gasteiger partial charge on any atom is 0.283 e. The Labute approximate surface area is 166 Å². The highest BCUT2D eigenvalue weighted by Gasteiger charge is 2.18. The van der Waals surface area contributed by atoms with Gasteiger partial charge in [-0.05, 0) is 41.8 Å². The summed E-state index contributed by atoms with van der Waals surface area (Å²) < 4.78 is 14.5. The van der Waals surface area contributed by atoms with Crippen molar-refractivity contribution in [3.63, 3.8) is 0 Å². The lowest BCUT2D eigenvalue weighted by atomic mass is 9.96. The number of hydrogen-bond donors (Lipinski definition) is 3. The van der Waals surface area contributed by atoms with Crippen molar-refractivity contribution in [3.8, 4) is 16.8 Å². The molecule has 1 aliphatic rings. The number of anilines is 2. The first-order valence-corrected chi connectivity index (χ1v) is 8.95. The second-order valence-electron chi connectivity index (χ2n) is 6.66. The summed E-state index contributed by atoms with van der Waals surface area (Å²) in [5.74, 6) is -1.71. The number of aromatic nitrogens is 2. The molecule has 29 heavy (non-hydrogen) atoms. The monoisotopic (exact) mass is 391 g/mol. The number of halogens is 1. The number of nitrogen functional groups attached to an aromatic ring is 1. The lowest BCUT2D eigenvalue weighted by Crippen LogP contribution is -2.31. The Balaban J connectivity index is 1.66. The third-order valence-electron chi connectivity index (χ3n) is 4.70. The number of benzene rings is 2. The van der Waals surface area contributed by atoms with Crippen molar-refractivity contribution < 1.29 is 14.0 Å². The van der Waals surface area contributed by atoms with Gasteiger partial charge >= 0.3 is 0 Å². The number of nitrogens with zero attached hydrogens (tertiary/aromatic N) is 2. The molecule has 2 amide bonds. The first kappa shape index (κ1) is 18.4. The van der Waals surface area contributed by atoms with Crippen LogP contribution in [0.25, 0.3) is 16.8 Å². The predicted molar refractivity (Wildman–Crippen MR) is 108 cm³/mol. The number of hydrogen-bond acceptors (Lipinski definition) is 4. The molecule has 1 aliphatic heterocycles. The van der Waals surface area contributed by atoms with Crippen molar-refractivity contribution >= 4 is 23.3 Å². The fourth-order valence-electron chi connectivity index (χ4n) is 3.26. The van der Waals surface area contributed by atoms with Gasteiger partial charge in [0.25, 0.3) is 11.8 Å². The van der Waals surface area contributed by atoms with Crippen molar-refractivity contribution in [2.24, 2.45) is 0 Å². The number of amides is 2. The van der Waals surface area contributed by atoms with Gasteiger partial charge in [-0.3, -0.25) is 9.59 Å². The van der Waals surface area contributed by atoms with E-state index in [0.29, 0.717) is 29.3 Å². The van der Waals surface area contributed by atoms with Crippen molar-refractivity contribution in [3.05, 3.63) is 72.2 Å². The maximum atomic E-state index is 12.9. The Morgan fingerprint density at radius 2 is 2.07 bits per heavy atom. The van der Waals surface area contributed by atoms with Crippen molar-refractivity contribution in [2.45, 2.75) is 6.42 Å². The zero-order chi connectivity index (χ0) is 20.5. The lowest BCUT2D eigenvalue weighted by molar-refractivity contribution is -0.114. The summed E-state index contributed by atoms with van der Waals surface area (Å²) in [6, 6.07) is 12.4. The molecule has 2 heterocycles. The molecule has 0 saturated carbocycles. The second kappa shape index (κ2) is 7.23. The Bertz CT molecular complexity index is 1150. The summed E-state index contributed by atoms with van der Waals surface area (Å²) in [6.07, 6.45) is 2.53. The van der Waals surface area contributed by atoms with Crippen LogP contribution in [0.3, 0.4) is 0 Å². The van der Waals surface area contributed by atoms with E-state index in [1.54, 1.807) is 41.2 Å². The van der Waals surface area contributed by atoms with Crippen LogP contribution in [0.4, 0.5) is 15.9 Å². The normalized spacial score (nSPS) is 12.8. The molecule has 0 bridgehead atoms. The van der Waals surface area contributed by atoms with Crippen LogP contribution < -0.4 is 16.4 Å². The molecule has 0 atom stereocenters. The van der Waals surface area contributed by atoms with Gasteiger partial charge in [0.05, 0.1) is 5.69 Å².